The van der Waals surface area contributed by atoms with Crippen molar-refractivity contribution in [3.8, 4) is 0 Å². The number of carbonyl (C=O) groups is 4. The molecule has 3 rings (SSSR count). The van der Waals surface area contributed by atoms with Crippen LogP contribution in [0.2, 0.25) is 0 Å². The van der Waals surface area contributed by atoms with Crippen molar-refractivity contribution in [3.63, 3.8) is 0 Å². The van der Waals surface area contributed by atoms with E-state index in [4.69, 9.17) is 4.74 Å². The Bertz CT molecular complexity index is 595. The summed E-state index contributed by atoms with van der Waals surface area (Å²) in [5.74, 6) is -1.18. The van der Waals surface area contributed by atoms with E-state index in [1.807, 2.05) is 12.2 Å². The first-order valence-electron chi connectivity index (χ1n) is 9.47. The summed E-state index contributed by atoms with van der Waals surface area (Å²) in [4.78, 5) is 52.0. The third kappa shape index (κ3) is 3.66. The third-order valence-electron chi connectivity index (χ3n) is 5.62. The summed E-state index contributed by atoms with van der Waals surface area (Å²) in [6, 6.07) is 0. The van der Waals surface area contributed by atoms with Crippen molar-refractivity contribution in [2.24, 2.45) is 17.8 Å². The highest BCUT2D eigenvalue weighted by Gasteiger charge is 2.47. The molecule has 1 aliphatic carbocycles. The molecule has 0 spiro atoms. The van der Waals surface area contributed by atoms with E-state index in [1.165, 1.54) is 4.90 Å². The molecule has 142 valence electrons. The van der Waals surface area contributed by atoms with Gasteiger partial charge in [-0.1, -0.05) is 12.2 Å². The minimum atomic E-state index is -0.247. The van der Waals surface area contributed by atoms with Gasteiger partial charge in [0.25, 0.3) is 0 Å². The predicted molar refractivity (Wildman–Crippen MR) is 92.6 cm³/mol. The molecular weight excluding hydrogens is 336 g/mol. The number of fused-ring (bicyclic) bond motifs is 1. The van der Waals surface area contributed by atoms with Gasteiger partial charge in [-0.2, -0.15) is 0 Å². The van der Waals surface area contributed by atoms with Crippen molar-refractivity contribution in [2.75, 3.05) is 26.2 Å². The fraction of sp³-hybridized carbons (Fsp3) is 0.684. The van der Waals surface area contributed by atoms with Crippen LogP contribution in [0.5, 0.6) is 0 Å². The number of esters is 1. The molecule has 7 nitrogen and oxygen atoms in total. The fourth-order valence-electron chi connectivity index (χ4n) is 4.08. The van der Waals surface area contributed by atoms with Gasteiger partial charge in [-0.05, 0) is 32.6 Å². The minimum Gasteiger partial charge on any atom is -0.466 e. The number of piperidine rings is 1. The molecule has 0 aromatic rings. The summed E-state index contributed by atoms with van der Waals surface area (Å²) in [5.41, 5.74) is 0. The van der Waals surface area contributed by atoms with Crippen LogP contribution in [-0.4, -0.2) is 59.7 Å². The quantitative estimate of drug-likeness (QED) is 0.416. The van der Waals surface area contributed by atoms with Gasteiger partial charge in [0.05, 0.1) is 24.4 Å². The molecule has 2 unspecified atom stereocenters. The van der Waals surface area contributed by atoms with Gasteiger partial charge in [-0.3, -0.25) is 24.1 Å². The van der Waals surface area contributed by atoms with Gasteiger partial charge in [0.2, 0.25) is 17.7 Å². The molecule has 7 heteroatoms. The Morgan fingerprint density at radius 1 is 1.08 bits per heavy atom. The summed E-state index contributed by atoms with van der Waals surface area (Å²) in [6.45, 7) is 3.33. The van der Waals surface area contributed by atoms with Crippen molar-refractivity contribution < 1.29 is 23.9 Å². The van der Waals surface area contributed by atoms with E-state index in [0.717, 1.165) is 0 Å². The molecule has 3 amide bonds. The molecule has 2 aliphatic heterocycles. The average molecular weight is 362 g/mol. The lowest BCUT2D eigenvalue weighted by molar-refractivity contribution is -0.151. The Morgan fingerprint density at radius 2 is 1.65 bits per heavy atom. The van der Waals surface area contributed by atoms with Crippen LogP contribution in [-0.2, 0) is 23.9 Å². The van der Waals surface area contributed by atoms with E-state index in [-0.39, 0.29) is 54.4 Å². The molecule has 0 radical (unpaired) electrons. The first-order chi connectivity index (χ1) is 12.5. The van der Waals surface area contributed by atoms with Crippen molar-refractivity contribution in [1.29, 1.82) is 0 Å². The number of hydrogen-bond acceptors (Lipinski definition) is 5. The third-order valence-corrected chi connectivity index (χ3v) is 5.62. The molecule has 2 atom stereocenters. The van der Waals surface area contributed by atoms with Crippen LogP contribution in [0.4, 0.5) is 0 Å². The van der Waals surface area contributed by atoms with E-state index < -0.39 is 0 Å². The first-order valence-corrected chi connectivity index (χ1v) is 9.47. The fourth-order valence-corrected chi connectivity index (χ4v) is 4.08. The van der Waals surface area contributed by atoms with E-state index in [9.17, 15) is 19.2 Å². The van der Waals surface area contributed by atoms with Gasteiger partial charge < -0.3 is 9.64 Å². The largest absolute Gasteiger partial charge is 0.466 e. The number of ether oxygens (including phenoxy) is 1. The highest BCUT2D eigenvalue weighted by Crippen LogP contribution is 2.35. The van der Waals surface area contributed by atoms with Crippen molar-refractivity contribution in [1.82, 2.24) is 9.80 Å². The maximum absolute atomic E-state index is 12.4. The van der Waals surface area contributed by atoms with Crippen LogP contribution >= 0.6 is 0 Å². The Hall–Kier alpha value is -2.18. The van der Waals surface area contributed by atoms with Gasteiger partial charge >= 0.3 is 5.97 Å². The molecule has 2 saturated heterocycles. The smallest absolute Gasteiger partial charge is 0.309 e. The van der Waals surface area contributed by atoms with Crippen molar-refractivity contribution in [3.05, 3.63) is 12.2 Å². The minimum absolute atomic E-state index is 0.0686. The molecule has 2 heterocycles. The van der Waals surface area contributed by atoms with Crippen LogP contribution in [0.25, 0.3) is 0 Å². The van der Waals surface area contributed by atoms with E-state index in [0.29, 0.717) is 45.4 Å². The van der Waals surface area contributed by atoms with Crippen LogP contribution < -0.4 is 0 Å². The molecule has 2 fully saturated rings. The first kappa shape index (κ1) is 18.6. The monoisotopic (exact) mass is 362 g/mol. The van der Waals surface area contributed by atoms with Crippen LogP contribution in [0.1, 0.15) is 39.0 Å². The Morgan fingerprint density at radius 3 is 2.19 bits per heavy atom. The molecule has 0 aromatic carbocycles. The number of nitrogens with zero attached hydrogens (tertiary/aromatic N) is 2. The standard InChI is InChI=1S/C19H26N2O5/c1-2-26-19(25)13-7-10-20(11-8-13)16(22)9-12-21-17(23)14-5-3-4-6-15(14)18(21)24/h3-4,13-15H,2,5-12H2,1H3. The second-order valence-corrected chi connectivity index (χ2v) is 7.14. The Kier molecular flexibility index (Phi) is 5.74. The van der Waals surface area contributed by atoms with Crippen LogP contribution in [0.15, 0.2) is 12.2 Å². The van der Waals surface area contributed by atoms with E-state index >= 15 is 0 Å². The van der Waals surface area contributed by atoms with Crippen LogP contribution in [0, 0.1) is 17.8 Å². The maximum Gasteiger partial charge on any atom is 0.309 e. The zero-order valence-electron chi connectivity index (χ0n) is 15.2. The number of likely N-dealkylation sites (tertiary alicyclic amines) is 2. The van der Waals surface area contributed by atoms with Crippen molar-refractivity contribution in [2.45, 2.75) is 39.0 Å². The summed E-state index contributed by atoms with van der Waals surface area (Å²) in [5, 5.41) is 0. The average Bonchev–Trinajstić information content (AvgIpc) is 2.91. The number of rotatable bonds is 5. The zero-order valence-corrected chi connectivity index (χ0v) is 15.2. The molecule has 0 bridgehead atoms. The lowest BCUT2D eigenvalue weighted by atomic mass is 9.85. The number of imide groups is 1. The topological polar surface area (TPSA) is 84.0 Å². The van der Waals surface area contributed by atoms with E-state index in [2.05, 4.69) is 0 Å². The van der Waals surface area contributed by atoms with Gasteiger partial charge in [-0.15, -0.1) is 0 Å². The van der Waals surface area contributed by atoms with Gasteiger partial charge in [-0.25, -0.2) is 0 Å². The maximum atomic E-state index is 12.4. The summed E-state index contributed by atoms with van der Waals surface area (Å²) >= 11 is 0. The Labute approximate surface area is 153 Å². The molecular formula is C19H26N2O5. The Balaban J connectivity index is 1.47. The summed E-state index contributed by atoms with van der Waals surface area (Å²) in [7, 11) is 0. The number of amides is 3. The summed E-state index contributed by atoms with van der Waals surface area (Å²) in [6.07, 6.45) is 6.48. The van der Waals surface area contributed by atoms with Gasteiger partial charge in [0.15, 0.2) is 0 Å². The van der Waals surface area contributed by atoms with Gasteiger partial charge in [0.1, 0.15) is 0 Å². The lowest BCUT2D eigenvalue weighted by Crippen LogP contribution is -2.42. The molecule has 0 saturated carbocycles. The van der Waals surface area contributed by atoms with Crippen molar-refractivity contribution >= 4 is 23.7 Å². The van der Waals surface area contributed by atoms with E-state index in [1.54, 1.807) is 11.8 Å². The zero-order chi connectivity index (χ0) is 18.7. The second-order valence-electron chi connectivity index (χ2n) is 7.14. The highest BCUT2D eigenvalue weighted by molar-refractivity contribution is 6.05. The second kappa shape index (κ2) is 8.01. The molecule has 3 aliphatic rings. The number of allylic oxidation sites excluding steroid dienone is 2. The van der Waals surface area contributed by atoms with Crippen LogP contribution in [0.3, 0.4) is 0 Å². The molecule has 0 N–H and O–H groups in total. The number of carbonyl (C=O) groups excluding carboxylic acids is 4. The molecule has 0 aromatic heterocycles. The predicted octanol–water partition coefficient (Wildman–Crippen LogP) is 1.13. The lowest BCUT2D eigenvalue weighted by Gasteiger charge is -2.31. The number of hydrogen-bond donors (Lipinski definition) is 0. The molecule has 26 heavy (non-hydrogen) atoms. The van der Waals surface area contributed by atoms with Gasteiger partial charge in [0, 0.05) is 26.1 Å². The SMILES string of the molecule is CCOC(=O)C1CCN(C(=O)CCN2C(=O)C3CC=CCC3C2=O)CC1. The highest BCUT2D eigenvalue weighted by atomic mass is 16.5. The summed E-state index contributed by atoms with van der Waals surface area (Å²) < 4.78 is 5.03. The normalized spacial score (nSPS) is 26.2.